The number of hydrogen-bond acceptors (Lipinski definition) is 5. The number of hydrogen-bond donors (Lipinski definition) is 2. The number of piperazine rings is 1. The Morgan fingerprint density at radius 3 is 2.62 bits per heavy atom. The third-order valence-corrected chi connectivity index (χ3v) is 3.83. The average molecular weight is 247 g/mol. The normalized spacial score (nSPS) is 20.9. The van der Waals surface area contributed by atoms with Gasteiger partial charge in [-0.15, -0.1) is 0 Å². The van der Waals surface area contributed by atoms with Gasteiger partial charge < -0.3 is 15.7 Å². The Balaban J connectivity index is 2.01. The Hall–Kier alpha value is -0.300. The smallest absolute Gasteiger partial charge is 0.321 e. The number of nitrogens with two attached hydrogens (primary N) is 1. The summed E-state index contributed by atoms with van der Waals surface area (Å²) in [6.07, 6.45) is 0. The standard InChI is InChI=1S/C10H21N3O2S/c1-12-2-4-13(5-3-12)6-7-16-8-9(11)10(14)15/h9H,2-8,11H2,1H3,(H,14,15)/t9-/m1/s1. The van der Waals surface area contributed by atoms with Crippen molar-refractivity contribution in [3.63, 3.8) is 0 Å². The number of aliphatic carboxylic acids is 1. The van der Waals surface area contributed by atoms with Gasteiger partial charge >= 0.3 is 5.97 Å². The lowest BCUT2D eigenvalue weighted by Gasteiger charge is -2.32. The van der Waals surface area contributed by atoms with Crippen LogP contribution in [0.2, 0.25) is 0 Å². The third kappa shape index (κ3) is 5.16. The van der Waals surface area contributed by atoms with Crippen molar-refractivity contribution in [2.45, 2.75) is 6.04 Å². The Morgan fingerprint density at radius 1 is 1.44 bits per heavy atom. The average Bonchev–Trinajstić information content (AvgIpc) is 2.26. The summed E-state index contributed by atoms with van der Waals surface area (Å²) in [6.45, 7) is 5.51. The van der Waals surface area contributed by atoms with Gasteiger partial charge in [-0.1, -0.05) is 0 Å². The zero-order chi connectivity index (χ0) is 12.0. The van der Waals surface area contributed by atoms with Crippen LogP contribution in [0.25, 0.3) is 0 Å². The van der Waals surface area contributed by atoms with Crippen LogP contribution in [0.15, 0.2) is 0 Å². The van der Waals surface area contributed by atoms with Gasteiger partial charge in [-0.25, -0.2) is 0 Å². The molecule has 5 nitrogen and oxygen atoms in total. The van der Waals surface area contributed by atoms with E-state index in [1.54, 1.807) is 11.8 Å². The summed E-state index contributed by atoms with van der Waals surface area (Å²) in [5.74, 6) is 0.556. The van der Waals surface area contributed by atoms with E-state index in [-0.39, 0.29) is 0 Å². The van der Waals surface area contributed by atoms with Crippen LogP contribution in [0, 0.1) is 0 Å². The maximum atomic E-state index is 10.5. The molecule has 0 bridgehead atoms. The van der Waals surface area contributed by atoms with Crippen LogP contribution in [-0.2, 0) is 4.79 Å². The van der Waals surface area contributed by atoms with Crippen molar-refractivity contribution in [2.75, 3.05) is 51.3 Å². The largest absolute Gasteiger partial charge is 0.480 e. The summed E-state index contributed by atoms with van der Waals surface area (Å²) < 4.78 is 0. The van der Waals surface area contributed by atoms with E-state index in [9.17, 15) is 4.79 Å². The van der Waals surface area contributed by atoms with Crippen molar-refractivity contribution >= 4 is 17.7 Å². The van der Waals surface area contributed by atoms with Crippen molar-refractivity contribution in [3.8, 4) is 0 Å². The summed E-state index contributed by atoms with van der Waals surface area (Å²) in [4.78, 5) is 15.2. The molecule has 0 spiro atoms. The number of likely N-dealkylation sites (N-methyl/N-ethyl adjacent to an activating group) is 1. The topological polar surface area (TPSA) is 69.8 Å². The molecule has 16 heavy (non-hydrogen) atoms. The molecule has 94 valence electrons. The van der Waals surface area contributed by atoms with Crippen molar-refractivity contribution < 1.29 is 9.90 Å². The monoisotopic (exact) mass is 247 g/mol. The quantitative estimate of drug-likeness (QED) is 0.610. The Kier molecular flexibility index (Phi) is 6.12. The highest BCUT2D eigenvalue weighted by Crippen LogP contribution is 2.05. The first-order valence-electron chi connectivity index (χ1n) is 5.56. The Morgan fingerprint density at radius 2 is 2.06 bits per heavy atom. The SMILES string of the molecule is CN1CCN(CCSC[C@@H](N)C(=O)O)CC1. The van der Waals surface area contributed by atoms with E-state index >= 15 is 0 Å². The van der Waals surface area contributed by atoms with Crippen molar-refractivity contribution in [1.82, 2.24) is 9.80 Å². The first-order valence-corrected chi connectivity index (χ1v) is 6.72. The molecule has 1 saturated heterocycles. The van der Waals surface area contributed by atoms with Gasteiger partial charge in [-0.2, -0.15) is 11.8 Å². The van der Waals surface area contributed by atoms with Crippen LogP contribution in [0.3, 0.4) is 0 Å². The van der Waals surface area contributed by atoms with E-state index in [0.717, 1.165) is 38.5 Å². The zero-order valence-corrected chi connectivity index (χ0v) is 10.6. The van der Waals surface area contributed by atoms with E-state index in [1.165, 1.54) is 0 Å². The predicted octanol–water partition coefficient (Wildman–Crippen LogP) is -0.621. The minimum Gasteiger partial charge on any atom is -0.480 e. The highest BCUT2D eigenvalue weighted by atomic mass is 32.2. The lowest BCUT2D eigenvalue weighted by Crippen LogP contribution is -2.45. The number of carbonyl (C=O) groups is 1. The molecule has 1 aliphatic rings. The summed E-state index contributed by atoms with van der Waals surface area (Å²) in [6, 6.07) is -0.725. The number of thioether (sulfide) groups is 1. The fourth-order valence-electron chi connectivity index (χ4n) is 1.55. The van der Waals surface area contributed by atoms with Gasteiger partial charge in [-0.05, 0) is 7.05 Å². The molecule has 3 N–H and O–H groups in total. The van der Waals surface area contributed by atoms with E-state index in [0.29, 0.717) is 5.75 Å². The number of carboxylic acid groups (broad SMARTS) is 1. The highest BCUT2D eigenvalue weighted by Gasteiger charge is 2.14. The Bertz CT molecular complexity index is 220. The molecule has 6 heteroatoms. The molecule has 0 aromatic rings. The number of rotatable bonds is 6. The van der Waals surface area contributed by atoms with Gasteiger partial charge in [0.1, 0.15) is 6.04 Å². The highest BCUT2D eigenvalue weighted by molar-refractivity contribution is 7.99. The summed E-state index contributed by atoms with van der Waals surface area (Å²) in [5, 5.41) is 8.60. The molecular weight excluding hydrogens is 226 g/mol. The lowest BCUT2D eigenvalue weighted by molar-refractivity contribution is -0.137. The molecule has 0 aliphatic carbocycles. The van der Waals surface area contributed by atoms with Crippen molar-refractivity contribution in [2.24, 2.45) is 5.73 Å². The van der Waals surface area contributed by atoms with Crippen LogP contribution in [0.1, 0.15) is 0 Å². The predicted molar refractivity (Wildman–Crippen MR) is 66.9 cm³/mol. The van der Waals surface area contributed by atoms with E-state index in [4.69, 9.17) is 10.8 Å². The summed E-state index contributed by atoms with van der Waals surface area (Å²) in [7, 11) is 2.14. The number of nitrogens with zero attached hydrogens (tertiary/aromatic N) is 2. The molecule has 1 heterocycles. The van der Waals surface area contributed by atoms with Gasteiger partial charge in [-0.3, -0.25) is 9.69 Å². The molecule has 0 amide bonds. The maximum Gasteiger partial charge on any atom is 0.321 e. The molecule has 0 unspecified atom stereocenters. The third-order valence-electron chi connectivity index (χ3n) is 2.76. The van der Waals surface area contributed by atoms with Crippen LogP contribution in [-0.4, -0.2) is 78.2 Å². The first-order chi connectivity index (χ1) is 7.59. The van der Waals surface area contributed by atoms with Gasteiger partial charge in [0.05, 0.1) is 0 Å². The van der Waals surface area contributed by atoms with Gasteiger partial charge in [0.25, 0.3) is 0 Å². The van der Waals surface area contributed by atoms with Crippen molar-refractivity contribution in [3.05, 3.63) is 0 Å². The number of carboxylic acids is 1. The van der Waals surface area contributed by atoms with Crippen LogP contribution in [0.5, 0.6) is 0 Å². The fourth-order valence-corrected chi connectivity index (χ4v) is 2.50. The maximum absolute atomic E-state index is 10.5. The molecule has 0 saturated carbocycles. The molecule has 0 aromatic carbocycles. The van der Waals surface area contributed by atoms with E-state index < -0.39 is 12.0 Å². The molecular formula is C10H21N3O2S. The molecule has 1 fully saturated rings. The summed E-state index contributed by atoms with van der Waals surface area (Å²) in [5.41, 5.74) is 5.41. The lowest BCUT2D eigenvalue weighted by atomic mass is 10.3. The minimum atomic E-state index is -0.910. The molecule has 0 aromatic heterocycles. The second-order valence-corrected chi connectivity index (χ2v) is 5.31. The molecule has 1 rings (SSSR count). The minimum absolute atomic E-state index is 0.503. The van der Waals surface area contributed by atoms with E-state index in [2.05, 4.69) is 16.8 Å². The molecule has 0 radical (unpaired) electrons. The zero-order valence-electron chi connectivity index (χ0n) is 9.76. The first kappa shape index (κ1) is 13.8. The van der Waals surface area contributed by atoms with Crippen LogP contribution >= 0.6 is 11.8 Å². The second kappa shape index (κ2) is 7.11. The van der Waals surface area contributed by atoms with Gasteiger partial charge in [0, 0.05) is 44.2 Å². The van der Waals surface area contributed by atoms with Crippen LogP contribution in [0.4, 0.5) is 0 Å². The molecule has 1 atom stereocenters. The van der Waals surface area contributed by atoms with Crippen LogP contribution < -0.4 is 5.73 Å². The Labute approximate surface area is 101 Å². The van der Waals surface area contributed by atoms with E-state index in [1.807, 2.05) is 0 Å². The van der Waals surface area contributed by atoms with Gasteiger partial charge in [0.2, 0.25) is 0 Å². The van der Waals surface area contributed by atoms with Gasteiger partial charge in [0.15, 0.2) is 0 Å². The molecule has 1 aliphatic heterocycles. The second-order valence-electron chi connectivity index (χ2n) is 4.16. The summed E-state index contributed by atoms with van der Waals surface area (Å²) >= 11 is 1.62. The fraction of sp³-hybridized carbons (Fsp3) is 0.900. The van der Waals surface area contributed by atoms with Crippen molar-refractivity contribution in [1.29, 1.82) is 0 Å².